The molecular formula is C11H8BrF2N3S. The lowest BCUT2D eigenvalue weighted by Gasteiger charge is -2.06. The molecule has 1 aromatic heterocycles. The smallest absolute Gasteiger partial charge is 0.223 e. The molecular weight excluding hydrogens is 324 g/mol. The highest BCUT2D eigenvalue weighted by Crippen LogP contribution is 2.33. The van der Waals surface area contributed by atoms with Crippen molar-refractivity contribution in [2.24, 2.45) is 0 Å². The molecule has 1 aromatic carbocycles. The van der Waals surface area contributed by atoms with E-state index in [4.69, 9.17) is 0 Å². The fraction of sp³-hybridized carbons (Fsp3) is 0.0909. The molecule has 0 atom stereocenters. The number of benzene rings is 1. The van der Waals surface area contributed by atoms with E-state index in [0.29, 0.717) is 15.4 Å². The first-order valence-corrected chi connectivity index (χ1v) is 6.54. The van der Waals surface area contributed by atoms with E-state index in [1.165, 1.54) is 0 Å². The summed E-state index contributed by atoms with van der Waals surface area (Å²) in [5.74, 6) is -0.562. The molecule has 0 aliphatic heterocycles. The predicted molar refractivity (Wildman–Crippen MR) is 69.8 cm³/mol. The largest absolute Gasteiger partial charge is 0.357 e. The van der Waals surface area contributed by atoms with Crippen LogP contribution < -0.4 is 5.32 Å². The highest BCUT2D eigenvalue weighted by atomic mass is 79.9. The maximum atomic E-state index is 13.5. The molecule has 1 heterocycles. The van der Waals surface area contributed by atoms with E-state index in [-0.39, 0.29) is 4.90 Å². The second kappa shape index (κ2) is 5.62. The number of hydrogen-bond acceptors (Lipinski definition) is 4. The molecule has 0 saturated heterocycles. The zero-order valence-corrected chi connectivity index (χ0v) is 11.6. The maximum Gasteiger partial charge on any atom is 0.223 e. The third kappa shape index (κ3) is 2.97. The van der Waals surface area contributed by atoms with Crippen molar-refractivity contribution >= 4 is 33.6 Å². The summed E-state index contributed by atoms with van der Waals surface area (Å²) in [5.41, 5.74) is 0. The number of nitrogens with one attached hydrogen (secondary N) is 1. The molecule has 0 unspecified atom stereocenters. The van der Waals surface area contributed by atoms with Gasteiger partial charge in [0.05, 0.1) is 9.37 Å². The Morgan fingerprint density at radius 2 is 2.11 bits per heavy atom. The summed E-state index contributed by atoms with van der Waals surface area (Å²) in [7, 11) is 1.68. The van der Waals surface area contributed by atoms with Crippen LogP contribution in [0.15, 0.2) is 38.8 Å². The van der Waals surface area contributed by atoms with Gasteiger partial charge in [-0.2, -0.15) is 0 Å². The van der Waals surface area contributed by atoms with E-state index in [2.05, 4.69) is 31.2 Å². The van der Waals surface area contributed by atoms with Crippen molar-refractivity contribution in [2.75, 3.05) is 12.4 Å². The third-order valence-electron chi connectivity index (χ3n) is 2.04. The highest BCUT2D eigenvalue weighted by Gasteiger charge is 2.11. The Hall–Kier alpha value is -1.21. The number of aromatic nitrogens is 2. The van der Waals surface area contributed by atoms with Crippen molar-refractivity contribution in [3.63, 3.8) is 0 Å². The minimum absolute atomic E-state index is 0.177. The van der Waals surface area contributed by atoms with Gasteiger partial charge < -0.3 is 5.32 Å². The molecule has 0 saturated carbocycles. The Morgan fingerprint density at radius 3 is 2.83 bits per heavy atom. The van der Waals surface area contributed by atoms with Crippen molar-refractivity contribution in [1.82, 2.24) is 9.97 Å². The molecule has 94 valence electrons. The second-order valence-corrected chi connectivity index (χ2v) is 5.16. The van der Waals surface area contributed by atoms with Gasteiger partial charge in [0.1, 0.15) is 16.7 Å². The van der Waals surface area contributed by atoms with Gasteiger partial charge in [-0.15, -0.1) is 0 Å². The summed E-state index contributed by atoms with van der Waals surface area (Å²) in [6.45, 7) is 0. The van der Waals surface area contributed by atoms with E-state index in [1.54, 1.807) is 13.2 Å². The van der Waals surface area contributed by atoms with Crippen LogP contribution >= 0.6 is 27.7 Å². The molecule has 3 nitrogen and oxygen atoms in total. The topological polar surface area (TPSA) is 37.8 Å². The summed E-state index contributed by atoms with van der Waals surface area (Å²) in [6.07, 6.45) is 1.55. The fourth-order valence-corrected chi connectivity index (χ4v) is 2.46. The van der Waals surface area contributed by atoms with E-state index in [9.17, 15) is 8.78 Å². The van der Waals surface area contributed by atoms with E-state index in [1.807, 2.05) is 0 Å². The first-order chi connectivity index (χ1) is 8.60. The van der Waals surface area contributed by atoms with Gasteiger partial charge in [0.15, 0.2) is 0 Å². The Labute approximate surface area is 115 Å². The van der Waals surface area contributed by atoms with Gasteiger partial charge in [-0.3, -0.25) is 0 Å². The molecule has 0 radical (unpaired) electrons. The average Bonchev–Trinajstić information content (AvgIpc) is 2.36. The molecule has 2 rings (SSSR count). The summed E-state index contributed by atoms with van der Waals surface area (Å²) < 4.78 is 27.2. The lowest BCUT2D eigenvalue weighted by Crippen LogP contribution is -1.97. The number of hydrogen-bond donors (Lipinski definition) is 1. The van der Waals surface area contributed by atoms with Gasteiger partial charge in [0.2, 0.25) is 5.95 Å². The van der Waals surface area contributed by atoms with Crippen LogP contribution in [0.2, 0.25) is 0 Å². The monoisotopic (exact) mass is 331 g/mol. The molecule has 7 heteroatoms. The molecule has 18 heavy (non-hydrogen) atoms. The first-order valence-electron chi connectivity index (χ1n) is 4.93. The quantitative estimate of drug-likeness (QED) is 0.870. The van der Waals surface area contributed by atoms with E-state index in [0.717, 1.165) is 30.0 Å². The van der Waals surface area contributed by atoms with Crippen LogP contribution in [0, 0.1) is 11.6 Å². The molecule has 0 aliphatic rings. The van der Waals surface area contributed by atoms with Gasteiger partial charge in [0.25, 0.3) is 0 Å². The highest BCUT2D eigenvalue weighted by molar-refractivity contribution is 9.10. The Bertz CT molecular complexity index is 580. The molecule has 0 spiro atoms. The molecule has 2 aromatic rings. The SMILES string of the molecule is CNc1ncc(Br)c(Sc2cc(F)ccc2F)n1. The van der Waals surface area contributed by atoms with Gasteiger partial charge in [0, 0.05) is 13.2 Å². The lowest BCUT2D eigenvalue weighted by atomic mass is 10.3. The van der Waals surface area contributed by atoms with Crippen molar-refractivity contribution in [3.8, 4) is 0 Å². The van der Waals surface area contributed by atoms with Crippen molar-refractivity contribution in [2.45, 2.75) is 9.92 Å². The number of nitrogens with zero attached hydrogens (tertiary/aromatic N) is 2. The first kappa shape index (κ1) is 13.2. The van der Waals surface area contributed by atoms with Crippen LogP contribution in [0.25, 0.3) is 0 Å². The zero-order valence-electron chi connectivity index (χ0n) is 9.25. The summed E-state index contributed by atoms with van der Waals surface area (Å²) in [5, 5.41) is 3.29. The Morgan fingerprint density at radius 1 is 1.33 bits per heavy atom. The van der Waals surface area contributed by atoms with Crippen molar-refractivity contribution < 1.29 is 8.78 Å². The maximum absolute atomic E-state index is 13.5. The van der Waals surface area contributed by atoms with Gasteiger partial charge in [-0.25, -0.2) is 18.7 Å². The minimum Gasteiger partial charge on any atom is -0.357 e. The molecule has 1 N–H and O–H groups in total. The average molecular weight is 332 g/mol. The van der Waals surface area contributed by atoms with Gasteiger partial charge in [-0.1, -0.05) is 11.8 Å². The van der Waals surface area contributed by atoms with Gasteiger partial charge in [-0.05, 0) is 34.1 Å². The molecule has 0 bridgehead atoms. The standard InChI is InChI=1S/C11H8BrF2N3S/c1-15-11-16-5-7(12)10(17-11)18-9-4-6(13)2-3-8(9)14/h2-5H,1H3,(H,15,16,17). The van der Waals surface area contributed by atoms with Crippen LogP contribution in [0.1, 0.15) is 0 Å². The fourth-order valence-electron chi connectivity index (χ4n) is 1.20. The minimum atomic E-state index is -0.488. The predicted octanol–water partition coefficient (Wildman–Crippen LogP) is 3.71. The number of halogens is 3. The lowest BCUT2D eigenvalue weighted by molar-refractivity contribution is 0.577. The zero-order chi connectivity index (χ0) is 13.1. The van der Waals surface area contributed by atoms with Crippen LogP contribution in [0.4, 0.5) is 14.7 Å². The van der Waals surface area contributed by atoms with E-state index >= 15 is 0 Å². The van der Waals surface area contributed by atoms with E-state index < -0.39 is 11.6 Å². The molecule has 0 aliphatic carbocycles. The van der Waals surface area contributed by atoms with Gasteiger partial charge >= 0.3 is 0 Å². The van der Waals surface area contributed by atoms with Crippen molar-refractivity contribution in [3.05, 3.63) is 40.5 Å². The normalized spacial score (nSPS) is 10.4. The summed E-state index contributed by atoms with van der Waals surface area (Å²) in [4.78, 5) is 8.33. The Kier molecular flexibility index (Phi) is 4.13. The number of rotatable bonds is 3. The van der Waals surface area contributed by atoms with Crippen LogP contribution in [0.3, 0.4) is 0 Å². The van der Waals surface area contributed by atoms with Crippen LogP contribution in [0.5, 0.6) is 0 Å². The van der Waals surface area contributed by atoms with Crippen LogP contribution in [-0.4, -0.2) is 17.0 Å². The number of anilines is 1. The van der Waals surface area contributed by atoms with Crippen molar-refractivity contribution in [1.29, 1.82) is 0 Å². The summed E-state index contributed by atoms with van der Waals surface area (Å²) >= 11 is 4.30. The molecule has 0 fully saturated rings. The summed E-state index contributed by atoms with van der Waals surface area (Å²) in [6, 6.07) is 3.30. The second-order valence-electron chi connectivity index (χ2n) is 3.27. The third-order valence-corrected chi connectivity index (χ3v) is 3.92. The Balaban J connectivity index is 2.36. The molecule has 0 amide bonds. The van der Waals surface area contributed by atoms with Crippen LogP contribution in [-0.2, 0) is 0 Å².